The number of hydrogen-bond acceptors (Lipinski definition) is 0. The van der Waals surface area contributed by atoms with Gasteiger partial charge in [0.15, 0.2) is 0 Å². The Morgan fingerprint density at radius 1 is 0.538 bits per heavy atom. The van der Waals surface area contributed by atoms with E-state index < -0.39 is 0 Å². The molecule has 13 heavy (non-hydrogen) atoms. The Kier molecular flexibility index (Phi) is 217. The van der Waals surface area contributed by atoms with Crippen molar-refractivity contribution in [3.8, 4) is 0 Å². The van der Waals surface area contributed by atoms with Gasteiger partial charge in [-0.05, 0) is 27.7 Å². The molecule has 1 heteroatoms. The van der Waals surface area contributed by atoms with Crippen molar-refractivity contribution in [3.05, 3.63) is 50.6 Å². The molecule has 0 aromatic heterocycles. The van der Waals surface area contributed by atoms with Crippen molar-refractivity contribution in [1.29, 1.82) is 0 Å². The number of allylic oxidation sites excluding steroid dienone is 4. The molecule has 0 aromatic carbocycles. The Hall–Kier alpha value is -0.241. The average Bonchev–Trinajstić information content (AvgIpc) is 1.92. The van der Waals surface area contributed by atoms with Crippen LogP contribution < -0.4 is 0 Å². The molecule has 0 N–H and O–H groups in total. The van der Waals surface area contributed by atoms with E-state index in [9.17, 15) is 0 Å². The summed E-state index contributed by atoms with van der Waals surface area (Å²) in [6.07, 6.45) is 10.0. The topological polar surface area (TPSA) is 0 Å². The van der Waals surface area contributed by atoms with Crippen LogP contribution in [0.15, 0.2) is 26.3 Å². The summed E-state index contributed by atoms with van der Waals surface area (Å²) in [5, 5.41) is 0. The number of hydrogen-bond donors (Lipinski definition) is 0. The summed E-state index contributed by atoms with van der Waals surface area (Å²) in [6, 6.07) is 0. The van der Waals surface area contributed by atoms with E-state index in [4.69, 9.17) is 0 Å². The first-order chi connectivity index (χ1) is 5.66. The van der Waals surface area contributed by atoms with Gasteiger partial charge in [0.25, 0.3) is 0 Å². The van der Waals surface area contributed by atoms with Gasteiger partial charge in [-0.15, -0.1) is 0 Å². The van der Waals surface area contributed by atoms with Crippen molar-refractivity contribution in [3.63, 3.8) is 0 Å². The van der Waals surface area contributed by atoms with Gasteiger partial charge in [-0.1, -0.05) is 50.6 Å². The first kappa shape index (κ1) is 29.3. The standard InChI is InChI=1S/4C3H5.Sn/c4*1-3-2;/h4*1H2,2H3;. The molecule has 0 aliphatic rings. The maximum atomic E-state index is 3.24. The molecule has 0 saturated carbocycles. The van der Waals surface area contributed by atoms with E-state index in [0.29, 0.717) is 0 Å². The second-order valence-corrected chi connectivity index (χ2v) is 1.41. The number of rotatable bonds is 0. The second kappa shape index (κ2) is 96.3. The third-order valence-electron chi connectivity index (χ3n) is 0. The van der Waals surface area contributed by atoms with Crippen molar-refractivity contribution < 1.29 is 0 Å². The van der Waals surface area contributed by atoms with Crippen LogP contribution in [0.4, 0.5) is 0 Å². The van der Waals surface area contributed by atoms with Gasteiger partial charge in [-0.25, -0.2) is 0 Å². The zero-order chi connectivity index (χ0) is 10.8. The van der Waals surface area contributed by atoms with Crippen LogP contribution in [0.1, 0.15) is 27.7 Å². The minimum absolute atomic E-state index is 0. The SMILES string of the molecule is C=[C]C.C=[C]C.C=[C]C.C=[C]C.[Sn]. The van der Waals surface area contributed by atoms with Crippen molar-refractivity contribution in [2.45, 2.75) is 27.7 Å². The van der Waals surface area contributed by atoms with Crippen LogP contribution in [-0.4, -0.2) is 23.9 Å². The predicted molar refractivity (Wildman–Crippen MR) is 63.9 cm³/mol. The Morgan fingerprint density at radius 2 is 0.538 bits per heavy atom. The third kappa shape index (κ3) is 19200. The Balaban J connectivity index is -0.0000000213. The molecule has 0 aliphatic carbocycles. The van der Waals surface area contributed by atoms with E-state index in [0.717, 1.165) is 0 Å². The third-order valence-corrected chi connectivity index (χ3v) is 0. The molecule has 0 aliphatic heterocycles. The summed E-state index contributed by atoms with van der Waals surface area (Å²) >= 11 is 0. The molecule has 0 saturated heterocycles. The van der Waals surface area contributed by atoms with Gasteiger partial charge in [0.1, 0.15) is 0 Å². The summed E-state index contributed by atoms with van der Waals surface area (Å²) in [6.45, 7) is 20.0. The Bertz CT molecular complexity index is 59.1. The summed E-state index contributed by atoms with van der Waals surface area (Å²) in [5.74, 6) is 0. The predicted octanol–water partition coefficient (Wildman–Crippen LogP) is 3.60. The molecule has 0 nitrogen and oxygen atoms in total. The van der Waals surface area contributed by atoms with Crippen molar-refractivity contribution >= 4 is 23.9 Å². The van der Waals surface area contributed by atoms with Gasteiger partial charge in [-0.2, -0.15) is 0 Å². The molecule has 0 amide bonds. The van der Waals surface area contributed by atoms with Gasteiger partial charge >= 0.3 is 0 Å². The first-order valence-electron chi connectivity index (χ1n) is 3.41. The van der Waals surface area contributed by atoms with E-state index in [1.165, 1.54) is 0 Å². The molecule has 8 radical (unpaired) electrons. The summed E-state index contributed by atoms with van der Waals surface area (Å²) < 4.78 is 0. The summed E-state index contributed by atoms with van der Waals surface area (Å²) in [7, 11) is 0. The second-order valence-electron chi connectivity index (χ2n) is 1.41. The van der Waals surface area contributed by atoms with Crippen molar-refractivity contribution in [2.75, 3.05) is 0 Å². The molecule has 0 atom stereocenters. The molecular weight excluding hydrogens is 263 g/mol. The van der Waals surface area contributed by atoms with E-state index in [1.54, 1.807) is 27.7 Å². The van der Waals surface area contributed by atoms with Crippen LogP contribution in [0.5, 0.6) is 0 Å². The molecule has 0 heterocycles. The van der Waals surface area contributed by atoms with Crippen molar-refractivity contribution in [2.24, 2.45) is 0 Å². The van der Waals surface area contributed by atoms with Gasteiger partial charge in [0, 0.05) is 23.9 Å². The zero-order valence-electron chi connectivity index (χ0n) is 9.33. The van der Waals surface area contributed by atoms with Crippen LogP contribution in [0, 0.1) is 24.3 Å². The fourth-order valence-corrected chi connectivity index (χ4v) is 0. The Labute approximate surface area is 102 Å². The fourth-order valence-electron chi connectivity index (χ4n) is 0. The zero-order valence-corrected chi connectivity index (χ0v) is 12.2. The first-order valence-corrected chi connectivity index (χ1v) is 3.41. The van der Waals surface area contributed by atoms with Crippen molar-refractivity contribution in [1.82, 2.24) is 0 Å². The smallest absolute Gasteiger partial charge is 0 e. The fraction of sp³-hybridized carbons (Fsp3) is 0.333. The molecule has 0 rings (SSSR count). The van der Waals surface area contributed by atoms with Gasteiger partial charge in [0.2, 0.25) is 0 Å². The van der Waals surface area contributed by atoms with E-state index in [-0.39, 0.29) is 23.9 Å². The molecule has 0 aromatic rings. The normalized spacial score (nSPS) is 4.00. The van der Waals surface area contributed by atoms with E-state index in [1.807, 2.05) is 0 Å². The van der Waals surface area contributed by atoms with Crippen LogP contribution in [-0.2, 0) is 0 Å². The van der Waals surface area contributed by atoms with E-state index in [2.05, 4.69) is 50.6 Å². The Morgan fingerprint density at radius 3 is 0.538 bits per heavy atom. The maximum absolute atomic E-state index is 3.24. The quantitative estimate of drug-likeness (QED) is 0.596. The average molecular weight is 283 g/mol. The summed E-state index contributed by atoms with van der Waals surface area (Å²) in [4.78, 5) is 0. The maximum Gasteiger partial charge on any atom is 0 e. The minimum atomic E-state index is 0. The van der Waals surface area contributed by atoms with Gasteiger partial charge in [-0.3, -0.25) is 0 Å². The molecule has 0 spiro atoms. The summed E-state index contributed by atoms with van der Waals surface area (Å²) in [5.41, 5.74) is 0. The van der Waals surface area contributed by atoms with Crippen LogP contribution in [0.25, 0.3) is 0 Å². The van der Waals surface area contributed by atoms with E-state index >= 15 is 0 Å². The van der Waals surface area contributed by atoms with Crippen LogP contribution in [0.2, 0.25) is 0 Å². The molecule has 0 unspecified atom stereocenters. The van der Waals surface area contributed by atoms with Gasteiger partial charge in [0.05, 0.1) is 0 Å². The molecule has 0 bridgehead atoms. The molecule has 0 fully saturated rings. The monoisotopic (exact) mass is 284 g/mol. The van der Waals surface area contributed by atoms with Gasteiger partial charge < -0.3 is 0 Å². The van der Waals surface area contributed by atoms with Crippen LogP contribution in [0.3, 0.4) is 0 Å². The largest absolute Gasteiger partial charge is 0.0959 e. The molecular formula is C12H20Sn. The van der Waals surface area contributed by atoms with Crippen LogP contribution >= 0.6 is 0 Å². The molecule has 72 valence electrons. The minimum Gasteiger partial charge on any atom is -0.0959 e.